The van der Waals surface area contributed by atoms with Gasteiger partial charge in [-0.25, -0.2) is 9.67 Å². The molecule has 1 amide bonds. The van der Waals surface area contributed by atoms with Crippen molar-refractivity contribution in [2.45, 2.75) is 31.5 Å². The molecule has 1 saturated heterocycles. The molecule has 1 aliphatic rings. The molecule has 1 aliphatic heterocycles. The summed E-state index contributed by atoms with van der Waals surface area (Å²) in [6, 6.07) is 0. The minimum Gasteiger partial charge on any atom is -0.355 e. The number of hydrogen-bond donors (Lipinski definition) is 1. The molecule has 0 unspecified atom stereocenters. The van der Waals surface area contributed by atoms with Crippen molar-refractivity contribution >= 4 is 5.91 Å². The summed E-state index contributed by atoms with van der Waals surface area (Å²) in [5.74, 6) is -0.833. The van der Waals surface area contributed by atoms with Crippen molar-refractivity contribution in [1.29, 1.82) is 0 Å². The van der Waals surface area contributed by atoms with Gasteiger partial charge in [-0.15, -0.1) is 0 Å². The van der Waals surface area contributed by atoms with E-state index in [0.717, 1.165) is 17.4 Å². The van der Waals surface area contributed by atoms with Crippen LogP contribution in [0.2, 0.25) is 0 Å². The molecule has 1 aromatic heterocycles. The Morgan fingerprint density at radius 1 is 1.53 bits per heavy atom. The second-order valence-electron chi connectivity index (χ2n) is 3.88. The maximum Gasteiger partial charge on any atom is 0.408 e. The maximum atomic E-state index is 12.3. The van der Waals surface area contributed by atoms with Gasteiger partial charge in [0, 0.05) is 6.54 Å². The van der Waals surface area contributed by atoms with Crippen LogP contribution < -0.4 is 5.32 Å². The van der Waals surface area contributed by atoms with E-state index in [-0.39, 0.29) is 11.7 Å². The summed E-state index contributed by atoms with van der Waals surface area (Å²) in [7, 11) is 0. The quantitative estimate of drug-likeness (QED) is 0.843. The predicted molar refractivity (Wildman–Crippen MR) is 51.1 cm³/mol. The van der Waals surface area contributed by atoms with Crippen molar-refractivity contribution in [2.24, 2.45) is 0 Å². The average molecular weight is 248 g/mol. The van der Waals surface area contributed by atoms with Crippen LogP contribution in [-0.2, 0) is 11.3 Å². The number of hydrogen-bond acceptors (Lipinski definition) is 3. The fourth-order valence-corrected chi connectivity index (χ4v) is 1.85. The van der Waals surface area contributed by atoms with Gasteiger partial charge in [0.05, 0.1) is 5.92 Å². The Kier molecular flexibility index (Phi) is 3.03. The molecule has 1 fully saturated rings. The highest BCUT2D eigenvalue weighted by atomic mass is 19.4. The Morgan fingerprint density at radius 2 is 2.29 bits per heavy atom. The van der Waals surface area contributed by atoms with Gasteiger partial charge < -0.3 is 5.32 Å². The van der Waals surface area contributed by atoms with E-state index >= 15 is 0 Å². The first-order valence-corrected chi connectivity index (χ1v) is 5.19. The monoisotopic (exact) mass is 248 g/mol. The fourth-order valence-electron chi connectivity index (χ4n) is 1.85. The van der Waals surface area contributed by atoms with Crippen LogP contribution in [0.15, 0.2) is 6.33 Å². The van der Waals surface area contributed by atoms with Gasteiger partial charge >= 0.3 is 6.18 Å². The lowest BCUT2D eigenvalue weighted by atomic mass is 9.98. The van der Waals surface area contributed by atoms with E-state index in [1.54, 1.807) is 0 Å². The number of alkyl halides is 3. The van der Waals surface area contributed by atoms with Crippen molar-refractivity contribution in [1.82, 2.24) is 20.1 Å². The predicted octanol–water partition coefficient (Wildman–Crippen LogP) is 0.834. The van der Waals surface area contributed by atoms with Crippen LogP contribution in [0.5, 0.6) is 0 Å². The second-order valence-corrected chi connectivity index (χ2v) is 3.88. The third-order valence-electron chi connectivity index (χ3n) is 2.57. The minimum absolute atomic E-state index is 0.0829. The van der Waals surface area contributed by atoms with Crippen molar-refractivity contribution in [3.8, 4) is 0 Å². The Morgan fingerprint density at radius 3 is 2.94 bits per heavy atom. The Labute approximate surface area is 95.0 Å². The van der Waals surface area contributed by atoms with Crippen LogP contribution in [0, 0.1) is 0 Å². The van der Waals surface area contributed by atoms with Crippen LogP contribution in [0.25, 0.3) is 0 Å². The lowest BCUT2D eigenvalue weighted by Crippen LogP contribution is -2.37. The third-order valence-corrected chi connectivity index (χ3v) is 2.57. The molecule has 17 heavy (non-hydrogen) atoms. The van der Waals surface area contributed by atoms with Gasteiger partial charge in [-0.1, -0.05) is 0 Å². The molecule has 1 atom stereocenters. The van der Waals surface area contributed by atoms with E-state index in [4.69, 9.17) is 0 Å². The number of rotatable bonds is 2. The Hall–Kier alpha value is -1.60. The number of halogens is 3. The zero-order chi connectivity index (χ0) is 12.5. The number of nitrogens with zero attached hydrogens (tertiary/aromatic N) is 3. The number of aromatic nitrogens is 3. The second kappa shape index (κ2) is 4.34. The van der Waals surface area contributed by atoms with Crippen molar-refractivity contribution < 1.29 is 18.0 Å². The molecular weight excluding hydrogens is 237 g/mol. The molecule has 8 heteroatoms. The molecule has 2 heterocycles. The van der Waals surface area contributed by atoms with Crippen molar-refractivity contribution in [3.63, 3.8) is 0 Å². The summed E-state index contributed by atoms with van der Waals surface area (Å²) < 4.78 is 37.6. The molecule has 2 rings (SSSR count). The molecule has 0 bridgehead atoms. The highest BCUT2D eigenvalue weighted by molar-refractivity contribution is 5.83. The first-order valence-electron chi connectivity index (χ1n) is 5.19. The average Bonchev–Trinajstić information content (AvgIpc) is 2.64. The van der Waals surface area contributed by atoms with Gasteiger partial charge in [0.1, 0.15) is 18.7 Å². The molecule has 5 nitrogen and oxygen atoms in total. The van der Waals surface area contributed by atoms with Crippen molar-refractivity contribution in [2.75, 3.05) is 6.54 Å². The number of amides is 1. The summed E-state index contributed by atoms with van der Waals surface area (Å²) in [5, 5.41) is 6.13. The van der Waals surface area contributed by atoms with Gasteiger partial charge in [-0.05, 0) is 12.8 Å². The first-order chi connectivity index (χ1) is 7.97. The van der Waals surface area contributed by atoms with Gasteiger partial charge in [0.25, 0.3) is 0 Å². The topological polar surface area (TPSA) is 59.8 Å². The van der Waals surface area contributed by atoms with E-state index in [1.807, 2.05) is 0 Å². The van der Waals surface area contributed by atoms with E-state index in [9.17, 15) is 18.0 Å². The SMILES string of the molecule is O=C1NCCC[C@H]1c1ncnn1CC(F)(F)F. The maximum absolute atomic E-state index is 12.3. The molecule has 1 N–H and O–H groups in total. The molecule has 0 aliphatic carbocycles. The van der Waals surface area contributed by atoms with Crippen LogP contribution in [0.3, 0.4) is 0 Å². The van der Waals surface area contributed by atoms with Crippen LogP contribution in [0.1, 0.15) is 24.6 Å². The van der Waals surface area contributed by atoms with Gasteiger partial charge in [-0.2, -0.15) is 18.3 Å². The molecule has 0 aromatic carbocycles. The number of nitrogens with one attached hydrogen (secondary N) is 1. The van der Waals surface area contributed by atoms with Crippen LogP contribution in [0.4, 0.5) is 13.2 Å². The molecule has 0 radical (unpaired) electrons. The van der Waals surface area contributed by atoms with Gasteiger partial charge in [-0.3, -0.25) is 4.79 Å². The van der Waals surface area contributed by atoms with E-state index in [1.165, 1.54) is 0 Å². The number of carbonyl (C=O) groups excluding carboxylic acids is 1. The van der Waals surface area contributed by atoms with Gasteiger partial charge in [0.15, 0.2) is 0 Å². The number of carbonyl (C=O) groups is 1. The van der Waals surface area contributed by atoms with Crippen molar-refractivity contribution in [3.05, 3.63) is 12.2 Å². The van der Waals surface area contributed by atoms with E-state index in [2.05, 4.69) is 15.4 Å². The highest BCUT2D eigenvalue weighted by Gasteiger charge is 2.33. The zero-order valence-corrected chi connectivity index (χ0v) is 8.87. The third kappa shape index (κ3) is 2.75. The van der Waals surface area contributed by atoms with Crippen LogP contribution in [-0.4, -0.2) is 33.4 Å². The Balaban J connectivity index is 2.20. The molecular formula is C9H11F3N4O. The normalized spacial score (nSPS) is 21.4. The molecule has 1 aromatic rings. The number of piperidine rings is 1. The smallest absolute Gasteiger partial charge is 0.355 e. The first kappa shape index (κ1) is 11.9. The summed E-state index contributed by atoms with van der Waals surface area (Å²) in [6.45, 7) is -0.658. The lowest BCUT2D eigenvalue weighted by molar-refractivity contribution is -0.143. The van der Waals surface area contributed by atoms with E-state index < -0.39 is 18.6 Å². The van der Waals surface area contributed by atoms with Crippen LogP contribution >= 0.6 is 0 Å². The molecule has 0 spiro atoms. The molecule has 94 valence electrons. The molecule has 0 saturated carbocycles. The minimum atomic E-state index is -4.37. The summed E-state index contributed by atoms with van der Waals surface area (Å²) in [4.78, 5) is 15.3. The zero-order valence-electron chi connectivity index (χ0n) is 8.87. The summed E-state index contributed by atoms with van der Waals surface area (Å²) in [6.07, 6.45) is -2.09. The summed E-state index contributed by atoms with van der Waals surface area (Å²) in [5.41, 5.74) is 0. The standard InChI is InChI=1S/C9H11F3N4O/c10-9(11,12)4-16-7(14-5-15-16)6-2-1-3-13-8(6)17/h5-6H,1-4H2,(H,13,17)/t6-/m0/s1. The fraction of sp³-hybridized carbons (Fsp3) is 0.667. The van der Waals surface area contributed by atoms with Gasteiger partial charge in [0.2, 0.25) is 5.91 Å². The Bertz CT molecular complexity index is 415. The largest absolute Gasteiger partial charge is 0.408 e. The summed E-state index contributed by atoms with van der Waals surface area (Å²) >= 11 is 0. The van der Waals surface area contributed by atoms with E-state index in [0.29, 0.717) is 13.0 Å². The highest BCUT2D eigenvalue weighted by Crippen LogP contribution is 2.24. The lowest BCUT2D eigenvalue weighted by Gasteiger charge is -2.21.